The van der Waals surface area contributed by atoms with Crippen LogP contribution in [0.15, 0.2) is 101 Å². The zero-order valence-electron chi connectivity index (χ0n) is 36.6. The number of guanidine groups is 1. The van der Waals surface area contributed by atoms with E-state index in [0.29, 0.717) is 23.2 Å². The van der Waals surface area contributed by atoms with Crippen LogP contribution in [0.3, 0.4) is 0 Å². The van der Waals surface area contributed by atoms with Crippen molar-refractivity contribution in [2.24, 2.45) is 10.8 Å². The molecule has 4 atom stereocenters. The van der Waals surface area contributed by atoms with Crippen LogP contribution in [-0.2, 0) is 45.3 Å². The number of carbonyl (C=O) groups excluding carboxylic acids is 6. The van der Waals surface area contributed by atoms with Crippen molar-refractivity contribution < 1.29 is 51.6 Å². The second kappa shape index (κ2) is 24.6. The van der Waals surface area contributed by atoms with Crippen LogP contribution in [0, 0.1) is 5.41 Å². The lowest BCUT2D eigenvalue weighted by Crippen LogP contribution is -2.58. The first-order valence-electron chi connectivity index (χ1n) is 21.5. The number of hydrogen-bond donors (Lipinski definition) is 12. The van der Waals surface area contributed by atoms with Crippen LogP contribution >= 0.6 is 0 Å². The largest absolute Gasteiger partial charge is 0.481 e. The van der Waals surface area contributed by atoms with Crippen LogP contribution in [0.1, 0.15) is 60.0 Å². The monoisotopic (exact) mass is 955 g/mol. The fourth-order valence-electron chi connectivity index (χ4n) is 7.09. The first-order valence-corrected chi connectivity index (χ1v) is 22.9. The number of rotatable bonds is 18. The van der Waals surface area contributed by atoms with Gasteiger partial charge in [0.2, 0.25) is 29.5 Å². The summed E-state index contributed by atoms with van der Waals surface area (Å²) in [6, 6.07) is 19.3. The normalized spacial score (nSPS) is 18.5. The highest BCUT2D eigenvalue weighted by atomic mass is 32.2. The summed E-state index contributed by atoms with van der Waals surface area (Å²) in [5, 5.41) is 40.9. The molecule has 0 saturated carbocycles. The van der Waals surface area contributed by atoms with E-state index in [0.717, 1.165) is 10.8 Å². The van der Waals surface area contributed by atoms with Crippen molar-refractivity contribution in [1.29, 1.82) is 5.41 Å². The van der Waals surface area contributed by atoms with Gasteiger partial charge < -0.3 is 48.1 Å². The molecule has 0 unspecified atom stereocenters. The second-order valence-electron chi connectivity index (χ2n) is 15.7. The summed E-state index contributed by atoms with van der Waals surface area (Å²) in [5.41, 5.74) is 9.65. The summed E-state index contributed by atoms with van der Waals surface area (Å²) in [7, 11) is -4.47. The number of amides is 6. The number of carboxylic acids is 1. The number of carboxylic acid groups (broad SMARTS) is 1. The highest BCUT2D eigenvalue weighted by Gasteiger charge is 2.33. The van der Waals surface area contributed by atoms with Gasteiger partial charge in [0.1, 0.15) is 29.1 Å². The van der Waals surface area contributed by atoms with Crippen molar-refractivity contribution in [2.45, 2.75) is 74.0 Å². The minimum atomic E-state index is -4.47. The third kappa shape index (κ3) is 15.9. The average Bonchev–Trinajstić information content (AvgIpc) is 3.30. The van der Waals surface area contributed by atoms with E-state index in [4.69, 9.17) is 11.1 Å². The number of unbranched alkanes of at least 4 members (excludes halogenated alkanes) is 1. The van der Waals surface area contributed by atoms with Gasteiger partial charge in [-0.3, -0.25) is 48.9 Å². The Labute approximate surface area is 390 Å². The zero-order chi connectivity index (χ0) is 49.2. The number of fused-ring (bicyclic) bond motifs is 1. The number of nitrogens with one attached hydrogen (secondary N) is 9. The van der Waals surface area contributed by atoms with Gasteiger partial charge in [-0.15, -0.1) is 0 Å². The van der Waals surface area contributed by atoms with Gasteiger partial charge in [-0.25, -0.2) is 0 Å². The van der Waals surface area contributed by atoms with Crippen LogP contribution in [0.5, 0.6) is 0 Å². The maximum absolute atomic E-state index is 14.2. The fourth-order valence-corrected chi connectivity index (χ4v) is 7.76. The Morgan fingerprint density at radius 1 is 0.735 bits per heavy atom. The highest BCUT2D eigenvalue weighted by molar-refractivity contribution is 7.86. The molecule has 6 amide bonds. The molecule has 13 N–H and O–H groups in total. The molecule has 68 heavy (non-hydrogen) atoms. The molecule has 0 aliphatic carbocycles. The number of nitrogens with zero attached hydrogens (tertiary/aromatic N) is 1. The highest BCUT2D eigenvalue weighted by Crippen LogP contribution is 2.18. The lowest BCUT2D eigenvalue weighted by atomic mass is 10.00. The predicted octanol–water partition coefficient (Wildman–Crippen LogP) is 0.482. The number of hydrazone groups is 1. The van der Waals surface area contributed by atoms with Gasteiger partial charge in [0.15, 0.2) is 5.96 Å². The topological polar surface area (TPSA) is 353 Å². The molecular weight excluding hydrogens is 903 g/mol. The number of aliphatic carboxylic acids is 1. The van der Waals surface area contributed by atoms with Crippen LogP contribution in [0.4, 0.5) is 5.69 Å². The smallest absolute Gasteiger partial charge is 0.305 e. The van der Waals surface area contributed by atoms with E-state index in [2.05, 4.69) is 47.7 Å². The van der Waals surface area contributed by atoms with Crippen molar-refractivity contribution in [2.75, 3.05) is 25.1 Å². The maximum atomic E-state index is 14.2. The molecule has 23 heteroatoms. The second-order valence-corrected chi connectivity index (χ2v) is 17.1. The van der Waals surface area contributed by atoms with Gasteiger partial charge >= 0.3 is 5.97 Å². The number of benzene rings is 4. The Kier molecular flexibility index (Phi) is 18.4. The average molecular weight is 956 g/mol. The minimum Gasteiger partial charge on any atom is -0.481 e. The Hall–Kier alpha value is -7.92. The van der Waals surface area contributed by atoms with E-state index in [1.54, 1.807) is 24.3 Å². The number of hydrogen-bond acceptors (Lipinski definition) is 12. The summed E-state index contributed by atoms with van der Waals surface area (Å²) >= 11 is 0. The Morgan fingerprint density at radius 3 is 2.06 bits per heavy atom. The number of anilines is 1. The molecular formula is C45H53N11O11S. The molecule has 0 bridgehead atoms. The number of carbonyl (C=O) groups is 7. The maximum Gasteiger partial charge on any atom is 0.305 e. The van der Waals surface area contributed by atoms with Gasteiger partial charge in [-0.05, 0) is 78.8 Å². The third-order valence-electron chi connectivity index (χ3n) is 10.5. The molecule has 0 aromatic heterocycles. The summed E-state index contributed by atoms with van der Waals surface area (Å²) in [6.45, 7) is -0.366. The number of nitrogens with two attached hydrogens (primary N) is 1. The van der Waals surface area contributed by atoms with Gasteiger partial charge in [0.05, 0.1) is 24.9 Å². The Morgan fingerprint density at radius 2 is 1.35 bits per heavy atom. The van der Waals surface area contributed by atoms with Crippen molar-refractivity contribution >= 4 is 80.2 Å². The third-order valence-corrected chi connectivity index (χ3v) is 11.5. The first-order chi connectivity index (χ1) is 32.5. The van der Waals surface area contributed by atoms with Crippen LogP contribution in [0.2, 0.25) is 0 Å². The molecule has 1 heterocycles. The molecule has 1 aliphatic rings. The zero-order valence-corrected chi connectivity index (χ0v) is 37.4. The quantitative estimate of drug-likeness (QED) is 0.0212. The van der Waals surface area contributed by atoms with Crippen LogP contribution < -0.4 is 48.4 Å². The molecule has 0 radical (unpaired) electrons. The van der Waals surface area contributed by atoms with E-state index in [1.165, 1.54) is 36.5 Å². The molecule has 0 spiro atoms. The van der Waals surface area contributed by atoms with Crippen molar-refractivity contribution in [3.63, 3.8) is 0 Å². The Bertz CT molecular complexity index is 2650. The van der Waals surface area contributed by atoms with Crippen molar-refractivity contribution in [3.8, 4) is 0 Å². The molecule has 1 saturated heterocycles. The summed E-state index contributed by atoms with van der Waals surface area (Å²) in [4.78, 5) is 92.9. The molecule has 1 fully saturated rings. The SMILES string of the molecule is N=C(N)NCCC[C@@H]1NC(=O)[C@H](CCCCNC(=O)c2ccc(NN=Cc3ccccc3S(=O)(=O)O)cc2)NC(=O)[C@@H](Cc2ccc3ccccc3c2)NC(=O)[C@H](CC(=O)O)NC(=O)CNC1=O. The van der Waals surface area contributed by atoms with Crippen LogP contribution in [-0.4, -0.2) is 115 Å². The van der Waals surface area contributed by atoms with E-state index in [1.807, 2.05) is 36.4 Å². The van der Waals surface area contributed by atoms with Gasteiger partial charge in [-0.2, -0.15) is 13.5 Å². The van der Waals surface area contributed by atoms with Gasteiger partial charge in [0.25, 0.3) is 16.0 Å². The summed E-state index contributed by atoms with van der Waals surface area (Å²) in [6.07, 6.45) is 1.11. The standard InChI is InChI=1S/C45H53N11O11S/c46-45(47)49-21-7-12-33-41(61)50-26-38(57)52-36(24-39(58)59)44(64)55-35(23-27-14-15-28-8-1-2-9-30(28)22-27)43(63)54-34(42(62)53-33)11-5-6-20-48-40(60)29-16-18-32(19-17-29)56-51-25-31-10-3-4-13-37(31)68(65,66)67/h1-4,8-10,13-19,22,25,33-36,56H,5-7,11-12,20-21,23-24,26H2,(H,48,60)(H,50,61)(H,52,57)(H,53,62)(H,54,63)(H,55,64)(H,58,59)(H4,46,47,49)(H,65,66,67)/t33-,34-,35+,36-/m0/s1. The lowest BCUT2D eigenvalue weighted by Gasteiger charge is -2.26. The predicted molar refractivity (Wildman–Crippen MR) is 250 cm³/mol. The molecule has 5 rings (SSSR count). The molecule has 22 nitrogen and oxygen atoms in total. The van der Waals surface area contributed by atoms with Gasteiger partial charge in [0, 0.05) is 30.6 Å². The van der Waals surface area contributed by atoms with E-state index >= 15 is 0 Å². The fraction of sp³-hybridized carbons (Fsp3) is 0.311. The van der Waals surface area contributed by atoms with Crippen molar-refractivity contribution in [3.05, 3.63) is 108 Å². The van der Waals surface area contributed by atoms with E-state index < -0.39 is 88.7 Å². The van der Waals surface area contributed by atoms with E-state index in [9.17, 15) is 51.6 Å². The summed E-state index contributed by atoms with van der Waals surface area (Å²) in [5.74, 6) is -6.41. The molecule has 360 valence electrons. The van der Waals surface area contributed by atoms with E-state index in [-0.39, 0.29) is 61.6 Å². The van der Waals surface area contributed by atoms with Crippen LogP contribution in [0.25, 0.3) is 10.8 Å². The Balaban J connectivity index is 1.30. The lowest BCUT2D eigenvalue weighted by molar-refractivity contribution is -0.141. The first kappa shape index (κ1) is 51.1. The minimum absolute atomic E-state index is 0.00158. The molecule has 4 aromatic rings. The summed E-state index contributed by atoms with van der Waals surface area (Å²) < 4.78 is 32.8. The molecule has 1 aliphatic heterocycles. The van der Waals surface area contributed by atoms with Crippen molar-refractivity contribution in [1.82, 2.24) is 37.2 Å². The molecule has 4 aromatic carbocycles. The van der Waals surface area contributed by atoms with Gasteiger partial charge in [-0.1, -0.05) is 60.7 Å².